The average molecular weight is 377 g/mol. The quantitative estimate of drug-likeness (QED) is 0.811. The van der Waals surface area contributed by atoms with E-state index in [1.165, 1.54) is 6.26 Å². The minimum Gasteiger partial charge on any atom is -0.423 e. The smallest absolute Gasteiger partial charge is 0.299 e. The van der Waals surface area contributed by atoms with Gasteiger partial charge in [0.25, 0.3) is 6.01 Å². The summed E-state index contributed by atoms with van der Waals surface area (Å²) < 4.78 is 29.3. The molecule has 0 N–H and O–H groups in total. The first-order chi connectivity index (χ1) is 12.4. The van der Waals surface area contributed by atoms with Gasteiger partial charge in [-0.25, -0.2) is 8.42 Å². The highest BCUT2D eigenvalue weighted by Crippen LogP contribution is 2.30. The Balaban J connectivity index is 1.49. The molecule has 0 aliphatic carbocycles. The number of rotatable bonds is 3. The number of benzene rings is 1. The lowest BCUT2D eigenvalue weighted by Gasteiger charge is -2.34. The zero-order valence-corrected chi connectivity index (χ0v) is 15.6. The Labute approximate surface area is 152 Å². The van der Waals surface area contributed by atoms with E-state index in [1.807, 2.05) is 29.2 Å². The number of sulfone groups is 1. The second kappa shape index (κ2) is 6.57. The van der Waals surface area contributed by atoms with E-state index in [1.54, 1.807) is 4.90 Å². The highest BCUT2D eigenvalue weighted by molar-refractivity contribution is 7.91. The van der Waals surface area contributed by atoms with Crippen molar-refractivity contribution in [3.63, 3.8) is 0 Å². The molecular formula is C18H23N3O4S. The Kier molecular flexibility index (Phi) is 4.38. The van der Waals surface area contributed by atoms with Crippen LogP contribution < -0.4 is 4.90 Å². The molecule has 26 heavy (non-hydrogen) atoms. The van der Waals surface area contributed by atoms with Crippen molar-refractivity contribution < 1.29 is 17.6 Å². The van der Waals surface area contributed by atoms with Gasteiger partial charge in [0.05, 0.1) is 5.25 Å². The van der Waals surface area contributed by atoms with Gasteiger partial charge in [0.2, 0.25) is 5.91 Å². The molecular weight excluding hydrogens is 354 g/mol. The minimum absolute atomic E-state index is 0.0525. The summed E-state index contributed by atoms with van der Waals surface area (Å²) in [5.41, 5.74) is 1.50. The van der Waals surface area contributed by atoms with Crippen LogP contribution in [0.25, 0.3) is 11.1 Å². The van der Waals surface area contributed by atoms with Crippen LogP contribution in [-0.4, -0.2) is 61.4 Å². The monoisotopic (exact) mass is 377 g/mol. The number of hydrogen-bond acceptors (Lipinski definition) is 6. The molecule has 1 aromatic carbocycles. The number of nitrogens with zero attached hydrogens (tertiary/aromatic N) is 3. The maximum atomic E-state index is 13.0. The summed E-state index contributed by atoms with van der Waals surface area (Å²) in [6.07, 6.45) is 3.99. The highest BCUT2D eigenvalue weighted by Gasteiger charge is 2.38. The fourth-order valence-electron chi connectivity index (χ4n) is 3.95. The summed E-state index contributed by atoms with van der Waals surface area (Å²) in [5, 5.41) is -0.330. The molecule has 140 valence electrons. The molecule has 1 unspecified atom stereocenters. The van der Waals surface area contributed by atoms with Crippen LogP contribution in [0.5, 0.6) is 0 Å². The number of carbonyl (C=O) groups excluding carboxylic acids is 1. The van der Waals surface area contributed by atoms with Gasteiger partial charge in [-0.15, -0.1) is 0 Å². The third kappa shape index (κ3) is 3.18. The van der Waals surface area contributed by atoms with Crippen LogP contribution in [0.4, 0.5) is 6.01 Å². The number of anilines is 1. The number of aromatic nitrogens is 1. The average Bonchev–Trinajstić information content (AvgIpc) is 3.26. The summed E-state index contributed by atoms with van der Waals surface area (Å²) in [4.78, 5) is 21.3. The minimum atomic E-state index is -3.04. The van der Waals surface area contributed by atoms with Gasteiger partial charge in [0, 0.05) is 25.9 Å². The largest absolute Gasteiger partial charge is 0.423 e. The van der Waals surface area contributed by atoms with Gasteiger partial charge in [0.15, 0.2) is 5.58 Å². The van der Waals surface area contributed by atoms with Gasteiger partial charge in [-0.2, -0.15) is 4.98 Å². The molecule has 4 rings (SSSR count). The van der Waals surface area contributed by atoms with Crippen molar-refractivity contribution in [3.8, 4) is 0 Å². The van der Waals surface area contributed by atoms with Crippen molar-refractivity contribution in [1.29, 1.82) is 0 Å². The topological polar surface area (TPSA) is 83.7 Å². The molecule has 1 atom stereocenters. The molecule has 3 heterocycles. The van der Waals surface area contributed by atoms with Crippen molar-refractivity contribution >= 4 is 32.9 Å². The number of fused-ring (bicyclic) bond motifs is 1. The predicted molar refractivity (Wildman–Crippen MR) is 98.8 cm³/mol. The number of carbonyl (C=O) groups is 1. The molecule has 2 aromatic rings. The Morgan fingerprint density at radius 3 is 2.58 bits per heavy atom. The lowest BCUT2D eigenvalue weighted by Crippen LogP contribution is -2.50. The van der Waals surface area contributed by atoms with E-state index in [9.17, 15) is 13.2 Å². The number of likely N-dealkylation sites (tertiary alicyclic amines) is 1. The van der Waals surface area contributed by atoms with Gasteiger partial charge in [-0.1, -0.05) is 12.1 Å². The maximum absolute atomic E-state index is 13.0. The van der Waals surface area contributed by atoms with E-state index in [2.05, 4.69) is 4.98 Å². The third-order valence-corrected chi connectivity index (χ3v) is 7.11. The molecule has 2 aliphatic rings. The lowest BCUT2D eigenvalue weighted by molar-refractivity contribution is -0.133. The fraction of sp³-hybridized carbons (Fsp3) is 0.556. The Morgan fingerprint density at radius 2 is 1.88 bits per heavy atom. The summed E-state index contributed by atoms with van der Waals surface area (Å²) in [5.74, 6) is 0.0525. The Morgan fingerprint density at radius 1 is 1.15 bits per heavy atom. The number of para-hydroxylation sites is 2. The zero-order valence-electron chi connectivity index (χ0n) is 14.8. The number of piperidine rings is 1. The molecule has 0 spiro atoms. The van der Waals surface area contributed by atoms with Crippen molar-refractivity contribution in [1.82, 2.24) is 9.88 Å². The second-order valence-corrected chi connectivity index (χ2v) is 9.50. The first kappa shape index (κ1) is 17.3. The Bertz CT molecular complexity index is 882. The van der Waals surface area contributed by atoms with Crippen molar-refractivity contribution in [2.75, 3.05) is 30.8 Å². The molecule has 0 saturated carbocycles. The standard InChI is InChI=1S/C18H23N3O4S/c1-26(23,24)13-8-11-20(12-9-13)17(22)15-6-4-10-21(15)18-19-14-5-2-3-7-16(14)25-18/h2-3,5,7,13,15H,4,6,8-12H2,1H3. The molecule has 2 saturated heterocycles. The van der Waals surface area contributed by atoms with Crippen LogP contribution in [0, 0.1) is 0 Å². The summed E-state index contributed by atoms with van der Waals surface area (Å²) in [6.45, 7) is 1.73. The number of hydrogen-bond donors (Lipinski definition) is 0. The molecule has 1 aromatic heterocycles. The highest BCUT2D eigenvalue weighted by atomic mass is 32.2. The molecule has 2 aliphatic heterocycles. The summed E-state index contributed by atoms with van der Waals surface area (Å²) >= 11 is 0. The predicted octanol–water partition coefficient (Wildman–Crippen LogP) is 1.83. The van der Waals surface area contributed by atoms with Gasteiger partial charge in [-0.3, -0.25) is 4.79 Å². The van der Waals surface area contributed by atoms with Crippen molar-refractivity contribution in [2.45, 2.75) is 37.0 Å². The SMILES string of the molecule is CS(=O)(=O)C1CCN(C(=O)C2CCCN2c2nc3ccccc3o2)CC1. The zero-order chi connectivity index (χ0) is 18.3. The molecule has 1 amide bonds. The van der Waals surface area contributed by atoms with Crippen LogP contribution in [0.1, 0.15) is 25.7 Å². The van der Waals surface area contributed by atoms with E-state index in [4.69, 9.17) is 4.42 Å². The normalized spacial score (nSPS) is 22.3. The lowest BCUT2D eigenvalue weighted by atomic mass is 10.1. The third-order valence-electron chi connectivity index (χ3n) is 5.43. The summed E-state index contributed by atoms with van der Waals surface area (Å²) in [6, 6.07) is 7.79. The van der Waals surface area contributed by atoms with Gasteiger partial charge in [0.1, 0.15) is 21.4 Å². The van der Waals surface area contributed by atoms with Crippen LogP contribution in [0.3, 0.4) is 0 Å². The van der Waals surface area contributed by atoms with E-state index in [0.717, 1.165) is 30.5 Å². The van der Waals surface area contributed by atoms with Crippen molar-refractivity contribution in [2.24, 2.45) is 0 Å². The molecule has 0 bridgehead atoms. The first-order valence-corrected chi connectivity index (χ1v) is 11.0. The maximum Gasteiger partial charge on any atom is 0.299 e. The molecule has 8 heteroatoms. The first-order valence-electron chi connectivity index (χ1n) is 9.03. The van der Waals surface area contributed by atoms with E-state index in [-0.39, 0.29) is 17.2 Å². The van der Waals surface area contributed by atoms with Crippen LogP contribution >= 0.6 is 0 Å². The van der Waals surface area contributed by atoms with E-state index >= 15 is 0 Å². The second-order valence-electron chi connectivity index (χ2n) is 7.17. The van der Waals surface area contributed by atoms with Crippen LogP contribution in [0.15, 0.2) is 28.7 Å². The van der Waals surface area contributed by atoms with Gasteiger partial charge in [-0.05, 0) is 37.8 Å². The van der Waals surface area contributed by atoms with E-state index < -0.39 is 9.84 Å². The number of oxazole rings is 1. The van der Waals surface area contributed by atoms with Crippen LogP contribution in [0.2, 0.25) is 0 Å². The molecule has 7 nitrogen and oxygen atoms in total. The molecule has 0 radical (unpaired) electrons. The number of amides is 1. The summed E-state index contributed by atoms with van der Waals surface area (Å²) in [7, 11) is -3.04. The van der Waals surface area contributed by atoms with E-state index in [0.29, 0.717) is 31.9 Å². The van der Waals surface area contributed by atoms with Gasteiger partial charge >= 0.3 is 0 Å². The fourth-order valence-corrected chi connectivity index (χ4v) is 5.02. The molecule has 2 fully saturated rings. The Hall–Kier alpha value is -2.09. The van der Waals surface area contributed by atoms with Gasteiger partial charge < -0.3 is 14.2 Å². The van der Waals surface area contributed by atoms with Crippen molar-refractivity contribution in [3.05, 3.63) is 24.3 Å². The van der Waals surface area contributed by atoms with Crippen LogP contribution in [-0.2, 0) is 14.6 Å².